The van der Waals surface area contributed by atoms with Gasteiger partial charge in [-0.1, -0.05) is 6.92 Å². The van der Waals surface area contributed by atoms with Gasteiger partial charge < -0.3 is 10.0 Å². The molecule has 2 atom stereocenters. The molecule has 0 aromatic carbocycles. The van der Waals surface area contributed by atoms with Crippen LogP contribution in [0.1, 0.15) is 36.6 Å². The van der Waals surface area contributed by atoms with Gasteiger partial charge >= 0.3 is 0 Å². The zero-order chi connectivity index (χ0) is 18.4. The summed E-state index contributed by atoms with van der Waals surface area (Å²) < 4.78 is 0. The smallest absolute Gasteiger partial charge is 0.183 e. The molecule has 1 N–H and O–H groups in total. The van der Waals surface area contributed by atoms with E-state index in [-0.39, 0.29) is 6.10 Å². The van der Waals surface area contributed by atoms with Gasteiger partial charge in [0.2, 0.25) is 0 Å². The van der Waals surface area contributed by atoms with Gasteiger partial charge in [0, 0.05) is 30.4 Å². The average molecular weight is 382 g/mol. The number of rotatable bonds is 2. The Hall–Kier alpha value is -2.12. The lowest BCUT2D eigenvalue weighted by Gasteiger charge is -2.35. The van der Waals surface area contributed by atoms with E-state index in [9.17, 15) is 5.11 Å². The maximum absolute atomic E-state index is 10.5. The van der Waals surface area contributed by atoms with Gasteiger partial charge in [-0.3, -0.25) is 4.98 Å². The minimum Gasteiger partial charge on any atom is -0.391 e. The molecule has 0 saturated carbocycles. The first-order chi connectivity index (χ1) is 13.2. The van der Waals surface area contributed by atoms with Crippen molar-refractivity contribution in [3.05, 3.63) is 29.0 Å². The molecule has 3 aromatic heterocycles. The van der Waals surface area contributed by atoms with E-state index >= 15 is 0 Å². The fourth-order valence-corrected chi connectivity index (χ4v) is 5.39. The van der Waals surface area contributed by atoms with Crippen LogP contribution in [0, 0.1) is 5.92 Å². The van der Waals surface area contributed by atoms with E-state index in [0.29, 0.717) is 24.0 Å². The van der Waals surface area contributed by atoms with Crippen LogP contribution in [-0.4, -0.2) is 44.2 Å². The monoisotopic (exact) mass is 381 g/mol. The number of aryl methyl sites for hydroxylation is 2. The standard InChI is InChI=1S/C20H23N5OS/c1-12-6-9-25(11-15(12)26)19-17-13-4-2-3-5-16(13)27-20(17)24-18(23-19)14-10-21-7-8-22-14/h7-8,10,12,15,26H,2-6,9,11H2,1H3. The van der Waals surface area contributed by atoms with Gasteiger partial charge in [0.05, 0.1) is 17.7 Å². The molecule has 0 spiro atoms. The van der Waals surface area contributed by atoms with Crippen LogP contribution in [0.2, 0.25) is 0 Å². The van der Waals surface area contributed by atoms with Gasteiger partial charge in [-0.15, -0.1) is 11.3 Å². The molecule has 2 aliphatic rings. The molecule has 1 aliphatic heterocycles. The SMILES string of the molecule is CC1CCN(c2nc(-c3cnccn3)nc3sc4c(c23)CCCC4)CC1O. The second-order valence-electron chi connectivity index (χ2n) is 7.63. The van der Waals surface area contributed by atoms with Crippen LogP contribution in [0.4, 0.5) is 5.82 Å². The van der Waals surface area contributed by atoms with E-state index in [1.807, 2.05) is 0 Å². The lowest BCUT2D eigenvalue weighted by Crippen LogP contribution is -2.43. The Kier molecular flexibility index (Phi) is 4.28. The number of thiophene rings is 1. The van der Waals surface area contributed by atoms with Crippen molar-refractivity contribution in [3.8, 4) is 11.5 Å². The number of hydrogen-bond donors (Lipinski definition) is 1. The summed E-state index contributed by atoms with van der Waals surface area (Å²) in [7, 11) is 0. The Morgan fingerprint density at radius 1 is 1.19 bits per heavy atom. The largest absolute Gasteiger partial charge is 0.391 e. The molecule has 27 heavy (non-hydrogen) atoms. The number of aromatic nitrogens is 4. The second kappa shape index (κ2) is 6.80. The molecule has 6 nitrogen and oxygen atoms in total. The van der Waals surface area contributed by atoms with Gasteiger partial charge in [-0.2, -0.15) is 0 Å². The summed E-state index contributed by atoms with van der Waals surface area (Å²) in [5, 5.41) is 11.7. The topological polar surface area (TPSA) is 75.0 Å². The normalized spacial score (nSPS) is 22.8. The lowest BCUT2D eigenvalue weighted by atomic mass is 9.94. The number of aliphatic hydroxyl groups excluding tert-OH is 1. The number of β-amino-alcohol motifs (C(OH)–C–C–N with tert-alkyl or cyclic N) is 1. The minimum absolute atomic E-state index is 0.321. The molecule has 1 fully saturated rings. The number of anilines is 1. The zero-order valence-corrected chi connectivity index (χ0v) is 16.2. The van der Waals surface area contributed by atoms with Gasteiger partial charge in [0.1, 0.15) is 16.3 Å². The molecule has 4 heterocycles. The predicted molar refractivity (Wildman–Crippen MR) is 107 cm³/mol. The molecule has 2 unspecified atom stereocenters. The first-order valence-electron chi connectivity index (χ1n) is 9.72. The van der Waals surface area contributed by atoms with Crippen molar-refractivity contribution in [2.24, 2.45) is 5.92 Å². The summed E-state index contributed by atoms with van der Waals surface area (Å²) in [6.45, 7) is 3.65. The molecule has 1 saturated heterocycles. The van der Waals surface area contributed by atoms with Crippen LogP contribution < -0.4 is 4.90 Å². The summed E-state index contributed by atoms with van der Waals surface area (Å²) in [4.78, 5) is 23.1. The Balaban J connectivity index is 1.69. The number of nitrogens with zero attached hydrogens (tertiary/aromatic N) is 5. The first-order valence-corrected chi connectivity index (χ1v) is 10.5. The third-order valence-electron chi connectivity index (χ3n) is 5.81. The molecule has 7 heteroatoms. The first kappa shape index (κ1) is 17.0. The Morgan fingerprint density at radius 2 is 2.07 bits per heavy atom. The lowest BCUT2D eigenvalue weighted by molar-refractivity contribution is 0.103. The quantitative estimate of drug-likeness (QED) is 0.735. The minimum atomic E-state index is -0.321. The van der Waals surface area contributed by atoms with E-state index < -0.39 is 0 Å². The molecule has 5 rings (SSSR count). The zero-order valence-electron chi connectivity index (χ0n) is 15.4. The summed E-state index contributed by atoms with van der Waals surface area (Å²) in [6, 6.07) is 0. The Morgan fingerprint density at radius 3 is 2.89 bits per heavy atom. The third-order valence-corrected chi connectivity index (χ3v) is 6.99. The van der Waals surface area contributed by atoms with Crippen molar-refractivity contribution in [2.45, 2.75) is 45.1 Å². The molecule has 140 valence electrons. The summed E-state index contributed by atoms with van der Waals surface area (Å²) >= 11 is 1.80. The average Bonchev–Trinajstić information content (AvgIpc) is 3.08. The highest BCUT2D eigenvalue weighted by Crippen LogP contribution is 2.41. The third kappa shape index (κ3) is 2.99. The molecule has 0 bridgehead atoms. The predicted octanol–water partition coefficient (Wildman–Crippen LogP) is 3.23. The molecule has 1 aliphatic carbocycles. The van der Waals surface area contributed by atoms with E-state index in [2.05, 4.69) is 21.8 Å². The maximum Gasteiger partial charge on any atom is 0.183 e. The summed E-state index contributed by atoms with van der Waals surface area (Å²) in [5.74, 6) is 1.91. The van der Waals surface area contributed by atoms with Gasteiger partial charge in [-0.05, 0) is 43.6 Å². The Bertz CT molecular complexity index is 973. The van der Waals surface area contributed by atoms with Crippen LogP contribution in [0.5, 0.6) is 0 Å². The van der Waals surface area contributed by atoms with Gasteiger partial charge in [-0.25, -0.2) is 15.0 Å². The number of fused-ring (bicyclic) bond motifs is 3. The molecular formula is C20H23N5OS. The highest BCUT2D eigenvalue weighted by Gasteiger charge is 2.29. The molecule has 3 aromatic rings. The van der Waals surface area contributed by atoms with E-state index in [4.69, 9.17) is 9.97 Å². The fourth-order valence-electron chi connectivity index (χ4n) is 4.14. The van der Waals surface area contributed by atoms with E-state index in [0.717, 1.165) is 36.5 Å². The van der Waals surface area contributed by atoms with Gasteiger partial charge in [0.25, 0.3) is 0 Å². The van der Waals surface area contributed by atoms with Crippen molar-refractivity contribution in [3.63, 3.8) is 0 Å². The van der Waals surface area contributed by atoms with Crippen molar-refractivity contribution in [1.82, 2.24) is 19.9 Å². The number of aliphatic hydroxyl groups is 1. The Labute approximate surface area is 162 Å². The van der Waals surface area contributed by atoms with E-state index in [1.165, 1.54) is 28.7 Å². The fraction of sp³-hybridized carbons (Fsp3) is 0.500. The van der Waals surface area contributed by atoms with Crippen molar-refractivity contribution >= 4 is 27.4 Å². The number of hydrogen-bond acceptors (Lipinski definition) is 7. The highest BCUT2D eigenvalue weighted by molar-refractivity contribution is 7.19. The highest BCUT2D eigenvalue weighted by atomic mass is 32.1. The van der Waals surface area contributed by atoms with Crippen molar-refractivity contribution < 1.29 is 5.11 Å². The van der Waals surface area contributed by atoms with E-state index in [1.54, 1.807) is 29.9 Å². The van der Waals surface area contributed by atoms with Crippen LogP contribution in [0.25, 0.3) is 21.7 Å². The van der Waals surface area contributed by atoms with Crippen LogP contribution >= 0.6 is 11.3 Å². The van der Waals surface area contributed by atoms with Crippen LogP contribution in [0.3, 0.4) is 0 Å². The van der Waals surface area contributed by atoms with Crippen molar-refractivity contribution in [1.29, 1.82) is 0 Å². The molecular weight excluding hydrogens is 358 g/mol. The van der Waals surface area contributed by atoms with Crippen LogP contribution in [-0.2, 0) is 12.8 Å². The van der Waals surface area contributed by atoms with Gasteiger partial charge in [0.15, 0.2) is 5.82 Å². The van der Waals surface area contributed by atoms with Crippen LogP contribution in [0.15, 0.2) is 18.6 Å². The molecule has 0 amide bonds. The second-order valence-corrected chi connectivity index (χ2v) is 8.72. The molecule has 0 radical (unpaired) electrons. The maximum atomic E-state index is 10.5. The summed E-state index contributed by atoms with van der Waals surface area (Å²) in [5.41, 5.74) is 2.12. The summed E-state index contributed by atoms with van der Waals surface area (Å²) in [6.07, 6.45) is 10.4. The number of piperidine rings is 1. The van der Waals surface area contributed by atoms with Crippen molar-refractivity contribution in [2.75, 3.05) is 18.0 Å².